The van der Waals surface area contributed by atoms with Crippen LogP contribution in [-0.4, -0.2) is 0 Å². The van der Waals surface area contributed by atoms with E-state index < -0.39 is 0 Å². The standard InChI is InChI=1S/C15H26/c1-10-6-7-11-13-12(10)15(11,4)9-5-8-14(13,2)3/h10-13H,5-9H2,1-4H3. The second-order valence-electron chi connectivity index (χ2n) is 7.56. The molecule has 86 valence electrons. The molecule has 4 fully saturated rings. The molecule has 5 atom stereocenters. The molecule has 0 heteroatoms. The molecule has 0 heterocycles. The van der Waals surface area contributed by atoms with Crippen LogP contribution >= 0.6 is 0 Å². The summed E-state index contributed by atoms with van der Waals surface area (Å²) in [7, 11) is 0. The Bertz CT molecular complexity index is 278. The Hall–Kier alpha value is 0. The van der Waals surface area contributed by atoms with Crippen LogP contribution in [0.15, 0.2) is 0 Å². The maximum absolute atomic E-state index is 2.61. The highest BCUT2D eigenvalue weighted by molar-refractivity contribution is 5.14. The first kappa shape index (κ1) is 10.2. The van der Waals surface area contributed by atoms with Crippen molar-refractivity contribution in [2.75, 3.05) is 0 Å². The summed E-state index contributed by atoms with van der Waals surface area (Å²) in [6.45, 7) is 10.2. The van der Waals surface area contributed by atoms with Crippen molar-refractivity contribution in [2.45, 2.75) is 59.8 Å². The van der Waals surface area contributed by atoms with Crippen molar-refractivity contribution in [3.05, 3.63) is 0 Å². The van der Waals surface area contributed by atoms with E-state index in [1.54, 1.807) is 0 Å². The normalized spacial score (nSPS) is 56.8. The molecule has 0 N–H and O–H groups in total. The van der Waals surface area contributed by atoms with Crippen LogP contribution < -0.4 is 0 Å². The number of rotatable bonds is 0. The zero-order valence-electron chi connectivity index (χ0n) is 10.8. The Morgan fingerprint density at radius 3 is 2.33 bits per heavy atom. The van der Waals surface area contributed by atoms with Gasteiger partial charge in [0.05, 0.1) is 0 Å². The molecule has 0 aliphatic heterocycles. The Balaban J connectivity index is 2.00. The van der Waals surface area contributed by atoms with Crippen LogP contribution in [-0.2, 0) is 0 Å². The lowest BCUT2D eigenvalue weighted by Crippen LogP contribution is -2.63. The topological polar surface area (TPSA) is 0 Å². The van der Waals surface area contributed by atoms with Crippen molar-refractivity contribution in [1.82, 2.24) is 0 Å². The Morgan fingerprint density at radius 1 is 0.933 bits per heavy atom. The summed E-state index contributed by atoms with van der Waals surface area (Å²) in [6, 6.07) is 0. The minimum Gasteiger partial charge on any atom is -0.0622 e. The Labute approximate surface area is 94.8 Å². The van der Waals surface area contributed by atoms with E-state index in [4.69, 9.17) is 0 Å². The molecule has 4 aliphatic rings. The van der Waals surface area contributed by atoms with Crippen LogP contribution in [0.2, 0.25) is 0 Å². The molecule has 4 saturated carbocycles. The van der Waals surface area contributed by atoms with Crippen LogP contribution in [0, 0.1) is 34.5 Å². The van der Waals surface area contributed by atoms with Crippen molar-refractivity contribution in [1.29, 1.82) is 0 Å². The molecular weight excluding hydrogens is 180 g/mol. The predicted octanol–water partition coefficient (Wildman–Crippen LogP) is 4.49. The van der Waals surface area contributed by atoms with Gasteiger partial charge >= 0.3 is 0 Å². The molecule has 0 aromatic heterocycles. The van der Waals surface area contributed by atoms with Gasteiger partial charge in [-0.3, -0.25) is 0 Å². The van der Waals surface area contributed by atoms with Gasteiger partial charge in [0.15, 0.2) is 0 Å². The second-order valence-corrected chi connectivity index (χ2v) is 7.56. The third-order valence-electron chi connectivity index (χ3n) is 6.41. The maximum Gasteiger partial charge on any atom is -0.0261 e. The highest BCUT2D eigenvalue weighted by atomic mass is 14.7. The molecule has 0 spiro atoms. The van der Waals surface area contributed by atoms with Gasteiger partial charge in [-0.05, 0) is 53.8 Å². The summed E-state index contributed by atoms with van der Waals surface area (Å²) in [5, 5.41) is 0. The highest BCUT2D eigenvalue weighted by Gasteiger charge is 2.66. The van der Waals surface area contributed by atoms with Crippen molar-refractivity contribution in [3.63, 3.8) is 0 Å². The number of fused-ring (bicyclic) bond motifs is 2. The van der Waals surface area contributed by atoms with E-state index in [1.807, 2.05) is 0 Å². The molecule has 4 aliphatic carbocycles. The van der Waals surface area contributed by atoms with Gasteiger partial charge in [0, 0.05) is 0 Å². The van der Waals surface area contributed by atoms with Crippen LogP contribution in [0.1, 0.15) is 59.8 Å². The van der Waals surface area contributed by atoms with Gasteiger partial charge in [0.25, 0.3) is 0 Å². The van der Waals surface area contributed by atoms with Gasteiger partial charge in [0.1, 0.15) is 0 Å². The van der Waals surface area contributed by atoms with Gasteiger partial charge in [-0.15, -0.1) is 0 Å². The third-order valence-corrected chi connectivity index (χ3v) is 6.41. The van der Waals surface area contributed by atoms with Crippen LogP contribution in [0.4, 0.5) is 0 Å². The van der Waals surface area contributed by atoms with Crippen LogP contribution in [0.5, 0.6) is 0 Å². The molecule has 0 nitrogen and oxygen atoms in total. The van der Waals surface area contributed by atoms with E-state index in [0.717, 1.165) is 29.1 Å². The minimum atomic E-state index is 0.639. The summed E-state index contributed by atoms with van der Waals surface area (Å²) in [5.41, 5.74) is 1.39. The van der Waals surface area contributed by atoms with Crippen molar-refractivity contribution >= 4 is 0 Å². The Kier molecular flexibility index (Phi) is 1.91. The van der Waals surface area contributed by atoms with Gasteiger partial charge < -0.3 is 0 Å². The zero-order valence-corrected chi connectivity index (χ0v) is 10.8. The molecular formula is C15H26. The molecule has 15 heavy (non-hydrogen) atoms. The average Bonchev–Trinajstić information content (AvgIpc) is 2.30. The number of hydrogen-bond donors (Lipinski definition) is 0. The molecule has 0 saturated heterocycles. The van der Waals surface area contributed by atoms with Gasteiger partial charge in [-0.25, -0.2) is 0 Å². The van der Waals surface area contributed by atoms with E-state index in [0.29, 0.717) is 5.41 Å². The molecule has 0 radical (unpaired) electrons. The smallest absolute Gasteiger partial charge is 0.0261 e. The maximum atomic E-state index is 2.61. The van der Waals surface area contributed by atoms with E-state index in [9.17, 15) is 0 Å². The van der Waals surface area contributed by atoms with Crippen LogP contribution in [0.3, 0.4) is 0 Å². The predicted molar refractivity (Wildman–Crippen MR) is 64.6 cm³/mol. The number of hydrogen-bond acceptors (Lipinski definition) is 0. The third kappa shape index (κ3) is 1.09. The molecule has 0 amide bonds. The van der Waals surface area contributed by atoms with E-state index in [2.05, 4.69) is 27.7 Å². The fraction of sp³-hybridized carbons (Fsp3) is 1.00. The molecule has 4 rings (SSSR count). The fourth-order valence-electron chi connectivity index (χ4n) is 5.81. The molecule has 5 unspecified atom stereocenters. The lowest BCUT2D eigenvalue weighted by atomic mass is 9.36. The van der Waals surface area contributed by atoms with E-state index in [-0.39, 0.29) is 0 Å². The van der Waals surface area contributed by atoms with Crippen molar-refractivity contribution in [2.24, 2.45) is 34.5 Å². The zero-order chi connectivity index (χ0) is 10.8. The largest absolute Gasteiger partial charge is 0.0622 e. The summed E-state index contributed by atoms with van der Waals surface area (Å²) >= 11 is 0. The first-order valence-electron chi connectivity index (χ1n) is 6.97. The summed E-state index contributed by atoms with van der Waals surface area (Å²) in [6.07, 6.45) is 7.53. The minimum absolute atomic E-state index is 0.639. The SMILES string of the molecule is CC1CCC2C3C1C2(C)CCCC3(C)C. The molecule has 0 aromatic carbocycles. The summed E-state index contributed by atoms with van der Waals surface area (Å²) in [4.78, 5) is 0. The summed E-state index contributed by atoms with van der Waals surface area (Å²) in [5.74, 6) is 4.21. The molecule has 4 bridgehead atoms. The monoisotopic (exact) mass is 206 g/mol. The average molecular weight is 206 g/mol. The quantitative estimate of drug-likeness (QED) is 0.547. The molecule has 0 aromatic rings. The van der Waals surface area contributed by atoms with E-state index in [1.165, 1.54) is 32.1 Å². The van der Waals surface area contributed by atoms with Gasteiger partial charge in [-0.1, -0.05) is 40.5 Å². The van der Waals surface area contributed by atoms with E-state index >= 15 is 0 Å². The lowest BCUT2D eigenvalue weighted by molar-refractivity contribution is -0.206. The van der Waals surface area contributed by atoms with Crippen molar-refractivity contribution < 1.29 is 0 Å². The fourth-order valence-corrected chi connectivity index (χ4v) is 5.81. The first-order valence-corrected chi connectivity index (χ1v) is 6.97. The van der Waals surface area contributed by atoms with Crippen LogP contribution in [0.25, 0.3) is 0 Å². The van der Waals surface area contributed by atoms with Crippen molar-refractivity contribution in [3.8, 4) is 0 Å². The first-order chi connectivity index (χ1) is 6.97. The van der Waals surface area contributed by atoms with Gasteiger partial charge in [0.2, 0.25) is 0 Å². The second kappa shape index (κ2) is 2.81. The van der Waals surface area contributed by atoms with Gasteiger partial charge in [-0.2, -0.15) is 0 Å². The summed E-state index contributed by atoms with van der Waals surface area (Å²) < 4.78 is 0. The highest BCUT2D eigenvalue weighted by Crippen LogP contribution is 2.73. The Morgan fingerprint density at radius 2 is 1.67 bits per heavy atom. The lowest BCUT2D eigenvalue weighted by Gasteiger charge is -2.69.